The van der Waals surface area contributed by atoms with Crippen LogP contribution in [-0.2, 0) is 4.79 Å². The van der Waals surface area contributed by atoms with Gasteiger partial charge in [-0.2, -0.15) is 0 Å². The fourth-order valence-corrected chi connectivity index (χ4v) is 2.20. The smallest absolute Gasteiger partial charge is 0.264 e. The van der Waals surface area contributed by atoms with Crippen molar-refractivity contribution in [1.82, 2.24) is 5.32 Å². The zero-order valence-electron chi connectivity index (χ0n) is 11.1. The minimum Gasteiger partial charge on any atom is -0.497 e. The number of nitrogens with one attached hydrogen (secondary N) is 1. The number of hydrogen-bond donors (Lipinski definition) is 1. The molecule has 20 heavy (non-hydrogen) atoms. The van der Waals surface area contributed by atoms with Crippen LogP contribution in [0.2, 0.25) is 0 Å². The molecule has 0 radical (unpaired) electrons. The lowest BCUT2D eigenvalue weighted by Gasteiger charge is -2.36. The number of benzene rings is 2. The highest BCUT2D eigenvalue weighted by Crippen LogP contribution is 2.29. The molecule has 0 aromatic heterocycles. The number of rotatable bonds is 4. The van der Waals surface area contributed by atoms with E-state index < -0.39 is 6.10 Å². The van der Waals surface area contributed by atoms with E-state index in [1.807, 2.05) is 54.6 Å². The van der Waals surface area contributed by atoms with Gasteiger partial charge < -0.3 is 14.8 Å². The van der Waals surface area contributed by atoms with E-state index >= 15 is 0 Å². The van der Waals surface area contributed by atoms with E-state index in [-0.39, 0.29) is 11.9 Å². The topological polar surface area (TPSA) is 47.6 Å². The van der Waals surface area contributed by atoms with Gasteiger partial charge in [-0.15, -0.1) is 0 Å². The summed E-state index contributed by atoms with van der Waals surface area (Å²) < 4.78 is 10.9. The highest BCUT2D eigenvalue weighted by Gasteiger charge is 2.42. The minimum atomic E-state index is -0.481. The zero-order valence-corrected chi connectivity index (χ0v) is 11.1. The maximum atomic E-state index is 11.7. The monoisotopic (exact) mass is 269 g/mol. The van der Waals surface area contributed by atoms with Gasteiger partial charge >= 0.3 is 0 Å². The van der Waals surface area contributed by atoms with Crippen LogP contribution in [0, 0.1) is 0 Å². The predicted molar refractivity (Wildman–Crippen MR) is 74.7 cm³/mol. The Labute approximate surface area is 117 Å². The Kier molecular flexibility index (Phi) is 3.29. The molecule has 1 aliphatic heterocycles. The second-order valence-corrected chi connectivity index (χ2v) is 4.61. The van der Waals surface area contributed by atoms with Crippen LogP contribution in [0.3, 0.4) is 0 Å². The number of amides is 1. The van der Waals surface area contributed by atoms with Gasteiger partial charge in [-0.25, -0.2) is 0 Å². The first-order chi connectivity index (χ1) is 9.78. The van der Waals surface area contributed by atoms with Gasteiger partial charge in [-0.05, 0) is 29.8 Å². The molecule has 1 heterocycles. The van der Waals surface area contributed by atoms with Crippen LogP contribution >= 0.6 is 0 Å². The molecule has 2 aromatic rings. The van der Waals surface area contributed by atoms with Gasteiger partial charge in [0.25, 0.3) is 5.91 Å². The van der Waals surface area contributed by atoms with E-state index in [9.17, 15) is 4.79 Å². The van der Waals surface area contributed by atoms with Crippen molar-refractivity contribution >= 4 is 5.91 Å². The maximum absolute atomic E-state index is 11.7. The summed E-state index contributed by atoms with van der Waals surface area (Å²) in [6.45, 7) is 0. The van der Waals surface area contributed by atoms with Gasteiger partial charge in [0, 0.05) is 0 Å². The lowest BCUT2D eigenvalue weighted by atomic mass is 9.94. The van der Waals surface area contributed by atoms with Crippen LogP contribution in [0.25, 0.3) is 0 Å². The van der Waals surface area contributed by atoms with Crippen LogP contribution in [0.5, 0.6) is 11.5 Å². The molecule has 0 bridgehead atoms. The third-order valence-electron chi connectivity index (χ3n) is 3.34. The molecular formula is C16H15NO3. The lowest BCUT2D eigenvalue weighted by Crippen LogP contribution is -2.58. The van der Waals surface area contributed by atoms with Crippen LogP contribution in [0.15, 0.2) is 54.6 Å². The van der Waals surface area contributed by atoms with E-state index in [0.29, 0.717) is 5.75 Å². The molecule has 2 atom stereocenters. The number of β-lactam (4-membered cyclic amide) rings is 1. The number of ether oxygens (including phenoxy) is 2. The molecule has 4 nitrogen and oxygen atoms in total. The molecular weight excluding hydrogens is 254 g/mol. The molecule has 1 fully saturated rings. The Bertz CT molecular complexity index is 595. The third kappa shape index (κ3) is 2.32. The number of para-hydroxylation sites is 1. The highest BCUT2D eigenvalue weighted by molar-refractivity contribution is 5.89. The normalized spacial score (nSPS) is 20.8. The summed E-state index contributed by atoms with van der Waals surface area (Å²) in [5.74, 6) is 1.40. The van der Waals surface area contributed by atoms with Gasteiger partial charge in [0.15, 0.2) is 0 Å². The summed E-state index contributed by atoms with van der Waals surface area (Å²) in [5, 5.41) is 2.86. The summed E-state index contributed by atoms with van der Waals surface area (Å²) in [6.07, 6.45) is -0.481. The molecule has 0 aliphatic carbocycles. The Morgan fingerprint density at radius 1 is 0.950 bits per heavy atom. The highest BCUT2D eigenvalue weighted by atomic mass is 16.5. The molecule has 1 aliphatic rings. The molecule has 1 amide bonds. The number of hydrogen-bond acceptors (Lipinski definition) is 3. The van der Waals surface area contributed by atoms with E-state index in [2.05, 4.69) is 5.32 Å². The summed E-state index contributed by atoms with van der Waals surface area (Å²) in [7, 11) is 1.63. The van der Waals surface area contributed by atoms with Crippen molar-refractivity contribution < 1.29 is 14.3 Å². The second kappa shape index (κ2) is 5.25. The third-order valence-corrected chi connectivity index (χ3v) is 3.34. The average molecular weight is 269 g/mol. The molecule has 1 saturated heterocycles. The van der Waals surface area contributed by atoms with Crippen molar-refractivity contribution in [3.8, 4) is 11.5 Å². The summed E-state index contributed by atoms with van der Waals surface area (Å²) in [6, 6.07) is 16.9. The fraction of sp³-hybridized carbons (Fsp3) is 0.188. The molecule has 0 spiro atoms. The SMILES string of the molecule is COc1ccc([C@@H]2NC(=O)[C@@H]2Oc2ccccc2)cc1. The van der Waals surface area contributed by atoms with Crippen LogP contribution in [0.4, 0.5) is 0 Å². The molecule has 0 unspecified atom stereocenters. The Morgan fingerprint density at radius 2 is 1.65 bits per heavy atom. The molecule has 3 rings (SSSR count). The largest absolute Gasteiger partial charge is 0.497 e. The van der Waals surface area contributed by atoms with Crippen molar-refractivity contribution in [2.75, 3.05) is 7.11 Å². The maximum Gasteiger partial charge on any atom is 0.264 e. The van der Waals surface area contributed by atoms with Gasteiger partial charge in [-0.3, -0.25) is 4.79 Å². The van der Waals surface area contributed by atoms with Gasteiger partial charge in [0.05, 0.1) is 7.11 Å². The first-order valence-corrected chi connectivity index (χ1v) is 6.44. The van der Waals surface area contributed by atoms with Gasteiger partial charge in [0.2, 0.25) is 6.10 Å². The Morgan fingerprint density at radius 3 is 2.25 bits per heavy atom. The summed E-state index contributed by atoms with van der Waals surface area (Å²) in [4.78, 5) is 11.7. The van der Waals surface area contributed by atoms with Crippen molar-refractivity contribution in [3.63, 3.8) is 0 Å². The van der Waals surface area contributed by atoms with Gasteiger partial charge in [0.1, 0.15) is 17.5 Å². The van der Waals surface area contributed by atoms with E-state index in [4.69, 9.17) is 9.47 Å². The molecule has 0 saturated carbocycles. The minimum absolute atomic E-state index is 0.0883. The van der Waals surface area contributed by atoms with E-state index in [1.54, 1.807) is 7.11 Å². The number of methoxy groups -OCH3 is 1. The predicted octanol–water partition coefficient (Wildman–Crippen LogP) is 2.31. The number of carbonyl (C=O) groups excluding carboxylic acids is 1. The average Bonchev–Trinajstić information content (AvgIpc) is 2.51. The molecule has 4 heteroatoms. The Hall–Kier alpha value is -2.49. The van der Waals surface area contributed by atoms with Crippen LogP contribution in [0.1, 0.15) is 11.6 Å². The summed E-state index contributed by atoms with van der Waals surface area (Å²) in [5.41, 5.74) is 1.01. The standard InChI is InChI=1S/C16H15NO3/c1-19-12-9-7-11(8-10-12)14-15(16(18)17-14)20-13-5-3-2-4-6-13/h2-10,14-15H,1H3,(H,17,18)/t14-,15+/m0/s1. The first kappa shape index (κ1) is 12.5. The molecule has 2 aromatic carbocycles. The van der Waals surface area contributed by atoms with Crippen molar-refractivity contribution in [2.24, 2.45) is 0 Å². The van der Waals surface area contributed by atoms with Crippen LogP contribution in [-0.4, -0.2) is 19.1 Å². The quantitative estimate of drug-likeness (QED) is 0.866. The first-order valence-electron chi connectivity index (χ1n) is 6.44. The van der Waals surface area contributed by atoms with E-state index in [0.717, 1.165) is 11.3 Å². The Balaban J connectivity index is 1.75. The van der Waals surface area contributed by atoms with E-state index in [1.165, 1.54) is 0 Å². The van der Waals surface area contributed by atoms with Crippen molar-refractivity contribution in [3.05, 3.63) is 60.2 Å². The van der Waals surface area contributed by atoms with Crippen molar-refractivity contribution in [2.45, 2.75) is 12.1 Å². The molecule has 1 N–H and O–H groups in total. The van der Waals surface area contributed by atoms with Crippen molar-refractivity contribution in [1.29, 1.82) is 0 Å². The second-order valence-electron chi connectivity index (χ2n) is 4.61. The summed E-state index contributed by atoms with van der Waals surface area (Å²) >= 11 is 0. The van der Waals surface area contributed by atoms with Crippen LogP contribution < -0.4 is 14.8 Å². The molecule has 102 valence electrons. The van der Waals surface area contributed by atoms with Gasteiger partial charge in [-0.1, -0.05) is 30.3 Å². The zero-order chi connectivity index (χ0) is 13.9. The lowest BCUT2D eigenvalue weighted by molar-refractivity contribution is -0.140. The number of carbonyl (C=O) groups is 1. The fourth-order valence-electron chi connectivity index (χ4n) is 2.20.